The van der Waals surface area contributed by atoms with Gasteiger partial charge in [0.25, 0.3) is 5.91 Å². The fourth-order valence-corrected chi connectivity index (χ4v) is 5.32. The largest absolute Gasteiger partial charge is 0.496 e. The highest BCUT2D eigenvalue weighted by Crippen LogP contribution is 2.33. The highest BCUT2D eigenvalue weighted by Gasteiger charge is 2.19. The molecule has 0 unspecified atom stereocenters. The first kappa shape index (κ1) is 21.4. The Labute approximate surface area is 198 Å². The summed E-state index contributed by atoms with van der Waals surface area (Å²) in [7, 11) is 1.53. The maximum Gasteiger partial charge on any atom is 0.274 e. The zero-order valence-electron chi connectivity index (χ0n) is 17.7. The minimum Gasteiger partial charge on any atom is -0.496 e. The lowest BCUT2D eigenvalue weighted by Gasteiger charge is -2.10. The number of halogens is 1. The summed E-state index contributed by atoms with van der Waals surface area (Å²) in [5.41, 5.74) is 3.95. The number of nitrogens with zero attached hydrogens (tertiary/aromatic N) is 2. The van der Waals surface area contributed by atoms with E-state index in [2.05, 4.69) is 27.0 Å². The van der Waals surface area contributed by atoms with Gasteiger partial charge in [0.05, 0.1) is 23.0 Å². The second kappa shape index (κ2) is 9.17. The van der Waals surface area contributed by atoms with Gasteiger partial charge in [0.1, 0.15) is 17.3 Å². The molecule has 5 aromatic rings. The van der Waals surface area contributed by atoms with Gasteiger partial charge in [-0.25, -0.2) is 9.37 Å². The fourth-order valence-electron chi connectivity index (χ4n) is 3.79. The number of ether oxygens (including phenoxy) is 1. The molecule has 0 aliphatic carbocycles. The number of hydrogen-bond acceptors (Lipinski definition) is 5. The minimum atomic E-state index is -0.374. The molecule has 166 valence electrons. The highest BCUT2D eigenvalue weighted by molar-refractivity contribution is 7.17. The Morgan fingerprint density at radius 1 is 1.12 bits per heavy atom. The standard InChI is InChI=1S/C25H20FN3O2S2/c1-31-22-8-7-17(26)13-18(22)19-15-33-25(27-19)28-24(30)21-14-23-20(10-12-32-23)29(21)11-9-16-5-3-2-4-6-16/h2-8,10,12-15H,9,11H2,1H3,(H,27,28,30). The number of benzene rings is 2. The second-order valence-electron chi connectivity index (χ2n) is 7.42. The summed E-state index contributed by atoms with van der Waals surface area (Å²) in [4.78, 5) is 17.7. The third-order valence-electron chi connectivity index (χ3n) is 5.38. The number of amides is 1. The van der Waals surface area contributed by atoms with Crippen LogP contribution in [-0.2, 0) is 13.0 Å². The number of rotatable bonds is 7. The molecule has 8 heteroatoms. The van der Waals surface area contributed by atoms with Crippen LogP contribution in [0.2, 0.25) is 0 Å². The molecule has 0 fully saturated rings. The van der Waals surface area contributed by atoms with Crippen molar-refractivity contribution in [3.63, 3.8) is 0 Å². The van der Waals surface area contributed by atoms with Gasteiger partial charge in [-0.1, -0.05) is 30.3 Å². The molecule has 0 saturated carbocycles. The molecule has 5 nitrogen and oxygen atoms in total. The SMILES string of the molecule is COc1ccc(F)cc1-c1csc(NC(=O)c2cc3sccc3n2CCc2ccccc2)n1. The molecular formula is C25H20FN3O2S2. The molecule has 0 aliphatic rings. The summed E-state index contributed by atoms with van der Waals surface area (Å²) in [6, 6.07) is 18.5. The molecule has 0 spiro atoms. The van der Waals surface area contributed by atoms with Crippen molar-refractivity contribution in [3.8, 4) is 17.0 Å². The molecule has 1 N–H and O–H groups in total. The van der Waals surface area contributed by atoms with E-state index in [1.807, 2.05) is 35.7 Å². The van der Waals surface area contributed by atoms with Crippen LogP contribution in [0.3, 0.4) is 0 Å². The Bertz CT molecular complexity index is 1420. The Hall–Kier alpha value is -3.49. The number of thiazole rings is 1. The van der Waals surface area contributed by atoms with Crippen LogP contribution < -0.4 is 10.1 Å². The van der Waals surface area contributed by atoms with Gasteiger partial charge in [-0.3, -0.25) is 10.1 Å². The third-order valence-corrected chi connectivity index (χ3v) is 7.00. The van der Waals surface area contributed by atoms with E-state index in [0.717, 1.165) is 16.6 Å². The van der Waals surface area contributed by atoms with Crippen LogP contribution in [0, 0.1) is 5.82 Å². The predicted octanol–water partition coefficient (Wildman–Crippen LogP) is 6.47. The number of aromatic nitrogens is 2. The molecule has 0 bridgehead atoms. The molecule has 33 heavy (non-hydrogen) atoms. The van der Waals surface area contributed by atoms with Gasteiger partial charge in [-0.2, -0.15) is 0 Å². The molecule has 5 rings (SSSR count). The molecule has 0 saturated heterocycles. The number of fused-ring (bicyclic) bond motifs is 1. The number of hydrogen-bond donors (Lipinski definition) is 1. The van der Waals surface area contributed by atoms with Gasteiger partial charge < -0.3 is 9.30 Å². The second-order valence-corrected chi connectivity index (χ2v) is 9.23. The Kier molecular flexibility index (Phi) is 5.93. The van der Waals surface area contributed by atoms with Gasteiger partial charge in [-0.15, -0.1) is 22.7 Å². The van der Waals surface area contributed by atoms with E-state index in [4.69, 9.17) is 4.74 Å². The van der Waals surface area contributed by atoms with Gasteiger partial charge in [-0.05, 0) is 47.7 Å². The number of anilines is 1. The Morgan fingerprint density at radius 3 is 2.79 bits per heavy atom. The van der Waals surface area contributed by atoms with Crippen molar-refractivity contribution in [1.29, 1.82) is 0 Å². The van der Waals surface area contributed by atoms with E-state index in [1.54, 1.807) is 22.8 Å². The van der Waals surface area contributed by atoms with E-state index in [-0.39, 0.29) is 11.7 Å². The first-order valence-corrected chi connectivity index (χ1v) is 12.1. The Balaban J connectivity index is 1.39. The van der Waals surface area contributed by atoms with E-state index in [0.29, 0.717) is 34.4 Å². The van der Waals surface area contributed by atoms with Gasteiger partial charge in [0.15, 0.2) is 5.13 Å². The van der Waals surface area contributed by atoms with Crippen LogP contribution in [0.1, 0.15) is 16.1 Å². The predicted molar refractivity (Wildman–Crippen MR) is 132 cm³/mol. The number of aryl methyl sites for hydroxylation is 2. The van der Waals surface area contributed by atoms with Crippen molar-refractivity contribution in [2.75, 3.05) is 12.4 Å². The molecular weight excluding hydrogens is 457 g/mol. The lowest BCUT2D eigenvalue weighted by molar-refractivity contribution is 0.101. The van der Waals surface area contributed by atoms with Crippen molar-refractivity contribution in [3.05, 3.63) is 88.5 Å². The Morgan fingerprint density at radius 2 is 1.97 bits per heavy atom. The number of carbonyl (C=O) groups is 1. The quantitative estimate of drug-likeness (QED) is 0.292. The van der Waals surface area contributed by atoms with Gasteiger partial charge in [0, 0.05) is 17.5 Å². The molecule has 0 aliphatic heterocycles. The maximum atomic E-state index is 13.8. The maximum absolute atomic E-state index is 13.8. The van der Waals surface area contributed by atoms with Crippen molar-refractivity contribution >= 4 is 43.9 Å². The molecule has 3 heterocycles. The number of carbonyl (C=O) groups excluding carboxylic acids is 1. The summed E-state index contributed by atoms with van der Waals surface area (Å²) < 4.78 is 22.2. The zero-order chi connectivity index (χ0) is 22.8. The topological polar surface area (TPSA) is 56.1 Å². The summed E-state index contributed by atoms with van der Waals surface area (Å²) in [6.07, 6.45) is 0.821. The molecule has 0 radical (unpaired) electrons. The van der Waals surface area contributed by atoms with Crippen LogP contribution in [0.25, 0.3) is 21.5 Å². The van der Waals surface area contributed by atoms with Crippen LogP contribution in [-0.4, -0.2) is 22.6 Å². The number of thiophene rings is 1. The minimum absolute atomic E-state index is 0.224. The lowest BCUT2D eigenvalue weighted by Crippen LogP contribution is -2.17. The lowest BCUT2D eigenvalue weighted by atomic mass is 10.1. The van der Waals surface area contributed by atoms with E-state index in [1.165, 1.54) is 36.1 Å². The summed E-state index contributed by atoms with van der Waals surface area (Å²) in [5.74, 6) is -0.0751. The monoisotopic (exact) mass is 477 g/mol. The van der Waals surface area contributed by atoms with Crippen molar-refractivity contribution in [2.24, 2.45) is 0 Å². The average Bonchev–Trinajstić information content (AvgIpc) is 3.55. The third kappa shape index (κ3) is 4.40. The van der Waals surface area contributed by atoms with E-state index in [9.17, 15) is 9.18 Å². The van der Waals surface area contributed by atoms with E-state index < -0.39 is 0 Å². The van der Waals surface area contributed by atoms with Crippen molar-refractivity contribution < 1.29 is 13.9 Å². The van der Waals surface area contributed by atoms with Crippen LogP contribution >= 0.6 is 22.7 Å². The zero-order valence-corrected chi connectivity index (χ0v) is 19.4. The van der Waals surface area contributed by atoms with E-state index >= 15 is 0 Å². The van der Waals surface area contributed by atoms with Crippen LogP contribution in [0.4, 0.5) is 9.52 Å². The van der Waals surface area contributed by atoms with Gasteiger partial charge in [0.2, 0.25) is 0 Å². The molecule has 3 aromatic heterocycles. The van der Waals surface area contributed by atoms with Gasteiger partial charge >= 0.3 is 0 Å². The first-order chi connectivity index (χ1) is 16.1. The molecule has 1 amide bonds. The van der Waals surface area contributed by atoms with Crippen LogP contribution in [0.15, 0.2) is 71.4 Å². The summed E-state index contributed by atoms with van der Waals surface area (Å²) >= 11 is 2.90. The normalized spacial score (nSPS) is 11.1. The average molecular weight is 478 g/mol. The highest BCUT2D eigenvalue weighted by atomic mass is 32.1. The molecule has 0 atom stereocenters. The smallest absolute Gasteiger partial charge is 0.274 e. The van der Waals surface area contributed by atoms with Crippen molar-refractivity contribution in [2.45, 2.75) is 13.0 Å². The summed E-state index contributed by atoms with van der Waals surface area (Å²) in [5, 5.41) is 7.16. The van der Waals surface area contributed by atoms with Crippen LogP contribution in [0.5, 0.6) is 5.75 Å². The first-order valence-electron chi connectivity index (χ1n) is 10.3. The van der Waals surface area contributed by atoms with Crippen molar-refractivity contribution in [1.82, 2.24) is 9.55 Å². The number of nitrogens with one attached hydrogen (secondary N) is 1. The summed E-state index contributed by atoms with van der Waals surface area (Å²) in [6.45, 7) is 0.691. The molecule has 2 aromatic carbocycles. The number of methoxy groups -OCH3 is 1. The fraction of sp³-hybridized carbons (Fsp3) is 0.120.